The standard InChI is InChI=1S/C12H14N6OS/c1-7-4-13-12(20-7)15-10(19)6-18-11-8(2)16-17(3)9(11)5-14-18/h4-5H,6H2,1-3H3,(H,13,15,19). The van der Waals surface area contributed by atoms with Crippen LogP contribution in [0.2, 0.25) is 0 Å². The van der Waals surface area contributed by atoms with Crippen molar-refractivity contribution in [2.75, 3.05) is 5.32 Å². The Morgan fingerprint density at radius 3 is 2.90 bits per heavy atom. The number of carbonyl (C=O) groups excluding carboxylic acids is 1. The zero-order chi connectivity index (χ0) is 14.3. The number of nitrogens with zero attached hydrogens (tertiary/aromatic N) is 5. The second-order valence-corrected chi connectivity index (χ2v) is 5.80. The fourth-order valence-corrected chi connectivity index (χ4v) is 2.82. The van der Waals surface area contributed by atoms with E-state index in [0.29, 0.717) is 5.13 Å². The van der Waals surface area contributed by atoms with E-state index in [2.05, 4.69) is 20.5 Å². The normalized spacial score (nSPS) is 11.2. The molecular weight excluding hydrogens is 276 g/mol. The monoisotopic (exact) mass is 290 g/mol. The highest BCUT2D eigenvalue weighted by molar-refractivity contribution is 7.15. The van der Waals surface area contributed by atoms with Gasteiger partial charge in [-0.1, -0.05) is 0 Å². The van der Waals surface area contributed by atoms with Gasteiger partial charge in [-0.2, -0.15) is 10.2 Å². The predicted molar refractivity (Wildman–Crippen MR) is 76.7 cm³/mol. The molecule has 3 rings (SSSR count). The van der Waals surface area contributed by atoms with E-state index in [1.807, 2.05) is 20.9 Å². The molecule has 3 aromatic heterocycles. The summed E-state index contributed by atoms with van der Waals surface area (Å²) in [6.07, 6.45) is 3.45. The predicted octanol–water partition coefficient (Wildman–Crippen LogP) is 1.48. The van der Waals surface area contributed by atoms with Gasteiger partial charge in [0.1, 0.15) is 17.6 Å². The van der Waals surface area contributed by atoms with E-state index in [1.54, 1.807) is 21.8 Å². The lowest BCUT2D eigenvalue weighted by Gasteiger charge is -2.03. The molecule has 0 unspecified atom stereocenters. The Hall–Kier alpha value is -2.22. The number of anilines is 1. The second kappa shape index (κ2) is 4.71. The number of carbonyl (C=O) groups is 1. The molecule has 0 spiro atoms. The lowest BCUT2D eigenvalue weighted by Crippen LogP contribution is -2.19. The Bertz CT molecular complexity index is 783. The highest BCUT2D eigenvalue weighted by Gasteiger charge is 2.14. The summed E-state index contributed by atoms with van der Waals surface area (Å²) in [5.41, 5.74) is 2.66. The molecule has 104 valence electrons. The van der Waals surface area contributed by atoms with Crippen molar-refractivity contribution >= 4 is 33.4 Å². The third-order valence-corrected chi connectivity index (χ3v) is 3.80. The van der Waals surface area contributed by atoms with Gasteiger partial charge in [0.25, 0.3) is 0 Å². The molecule has 0 atom stereocenters. The third kappa shape index (κ3) is 2.18. The molecule has 0 bridgehead atoms. The molecule has 1 N–H and O–H groups in total. The molecule has 0 saturated heterocycles. The lowest BCUT2D eigenvalue weighted by molar-refractivity contribution is -0.116. The van der Waals surface area contributed by atoms with E-state index in [0.717, 1.165) is 21.6 Å². The van der Waals surface area contributed by atoms with Gasteiger partial charge in [0.15, 0.2) is 5.13 Å². The Morgan fingerprint density at radius 2 is 2.20 bits per heavy atom. The minimum Gasteiger partial charge on any atom is -0.300 e. The van der Waals surface area contributed by atoms with E-state index >= 15 is 0 Å². The third-order valence-electron chi connectivity index (χ3n) is 2.97. The molecular formula is C12H14N6OS. The molecule has 3 heterocycles. The van der Waals surface area contributed by atoms with E-state index in [9.17, 15) is 4.79 Å². The van der Waals surface area contributed by atoms with Crippen LogP contribution in [0.15, 0.2) is 12.4 Å². The van der Waals surface area contributed by atoms with Crippen LogP contribution in [0.1, 0.15) is 10.6 Å². The number of amides is 1. The number of nitrogens with one attached hydrogen (secondary N) is 1. The first kappa shape index (κ1) is 12.8. The summed E-state index contributed by atoms with van der Waals surface area (Å²) in [4.78, 5) is 17.2. The topological polar surface area (TPSA) is 77.6 Å². The van der Waals surface area contributed by atoms with Crippen LogP contribution in [-0.2, 0) is 18.4 Å². The number of fused-ring (bicyclic) bond motifs is 1. The largest absolute Gasteiger partial charge is 0.300 e. The summed E-state index contributed by atoms with van der Waals surface area (Å²) >= 11 is 1.45. The SMILES string of the molecule is Cc1cnc(NC(=O)Cn2ncc3c2c(C)nn3C)s1. The molecule has 0 saturated carbocycles. The summed E-state index contributed by atoms with van der Waals surface area (Å²) in [7, 11) is 1.86. The summed E-state index contributed by atoms with van der Waals surface area (Å²) in [6, 6.07) is 0. The Balaban J connectivity index is 1.81. The molecule has 0 aliphatic carbocycles. The number of rotatable bonds is 3. The van der Waals surface area contributed by atoms with Crippen LogP contribution in [0.25, 0.3) is 11.0 Å². The quantitative estimate of drug-likeness (QED) is 0.792. The van der Waals surface area contributed by atoms with Gasteiger partial charge in [-0.05, 0) is 13.8 Å². The van der Waals surface area contributed by atoms with E-state index in [1.165, 1.54) is 11.3 Å². The average molecular weight is 290 g/mol. The summed E-state index contributed by atoms with van der Waals surface area (Å²) < 4.78 is 3.42. The molecule has 0 radical (unpaired) electrons. The van der Waals surface area contributed by atoms with Crippen molar-refractivity contribution in [1.82, 2.24) is 24.5 Å². The first-order valence-electron chi connectivity index (χ1n) is 6.12. The molecule has 1 amide bonds. The average Bonchev–Trinajstić information content (AvgIpc) is 3.02. The van der Waals surface area contributed by atoms with Crippen LogP contribution in [0.3, 0.4) is 0 Å². The van der Waals surface area contributed by atoms with Crippen molar-refractivity contribution in [1.29, 1.82) is 0 Å². The maximum Gasteiger partial charge on any atom is 0.247 e. The zero-order valence-corrected chi connectivity index (χ0v) is 12.2. The number of hydrogen-bond donors (Lipinski definition) is 1. The molecule has 0 aromatic carbocycles. The Morgan fingerprint density at radius 1 is 1.40 bits per heavy atom. The van der Waals surface area contributed by atoms with Gasteiger partial charge >= 0.3 is 0 Å². The van der Waals surface area contributed by atoms with Crippen molar-refractivity contribution < 1.29 is 4.79 Å². The zero-order valence-electron chi connectivity index (χ0n) is 11.4. The molecule has 0 aliphatic rings. The summed E-state index contributed by atoms with van der Waals surface area (Å²) in [5, 5.41) is 11.9. The summed E-state index contributed by atoms with van der Waals surface area (Å²) in [6.45, 7) is 4.00. The van der Waals surface area contributed by atoms with Gasteiger partial charge in [0, 0.05) is 18.1 Å². The number of aromatic nitrogens is 5. The highest BCUT2D eigenvalue weighted by atomic mass is 32.1. The van der Waals surface area contributed by atoms with E-state index in [-0.39, 0.29) is 12.5 Å². The van der Waals surface area contributed by atoms with Crippen molar-refractivity contribution in [3.8, 4) is 0 Å². The number of thiazole rings is 1. The maximum absolute atomic E-state index is 12.0. The minimum absolute atomic E-state index is 0.146. The van der Waals surface area contributed by atoms with Gasteiger partial charge in [-0.25, -0.2) is 4.98 Å². The summed E-state index contributed by atoms with van der Waals surface area (Å²) in [5.74, 6) is -0.146. The van der Waals surface area contributed by atoms with Crippen LogP contribution in [0, 0.1) is 13.8 Å². The molecule has 3 aromatic rings. The maximum atomic E-state index is 12.0. The minimum atomic E-state index is -0.146. The smallest absolute Gasteiger partial charge is 0.247 e. The van der Waals surface area contributed by atoms with Crippen molar-refractivity contribution in [2.24, 2.45) is 7.05 Å². The van der Waals surface area contributed by atoms with Gasteiger partial charge < -0.3 is 5.32 Å². The van der Waals surface area contributed by atoms with Gasteiger partial charge in [0.05, 0.1) is 11.9 Å². The lowest BCUT2D eigenvalue weighted by atomic mass is 10.4. The van der Waals surface area contributed by atoms with E-state index < -0.39 is 0 Å². The Labute approximate surface area is 119 Å². The fraction of sp³-hybridized carbons (Fsp3) is 0.333. The Kier molecular flexibility index (Phi) is 3.01. The fourth-order valence-electron chi connectivity index (χ4n) is 2.14. The van der Waals surface area contributed by atoms with Gasteiger partial charge in [0.2, 0.25) is 5.91 Å². The molecule has 0 aliphatic heterocycles. The van der Waals surface area contributed by atoms with Crippen LogP contribution in [0.4, 0.5) is 5.13 Å². The van der Waals surface area contributed by atoms with Crippen molar-refractivity contribution in [2.45, 2.75) is 20.4 Å². The number of hydrogen-bond acceptors (Lipinski definition) is 5. The first-order valence-corrected chi connectivity index (χ1v) is 6.93. The number of aryl methyl sites for hydroxylation is 3. The van der Waals surface area contributed by atoms with E-state index in [4.69, 9.17) is 0 Å². The molecule has 0 fully saturated rings. The van der Waals surface area contributed by atoms with Crippen LogP contribution in [-0.4, -0.2) is 30.5 Å². The molecule has 8 heteroatoms. The van der Waals surface area contributed by atoms with Gasteiger partial charge in [-0.3, -0.25) is 14.2 Å². The van der Waals surface area contributed by atoms with Crippen LogP contribution >= 0.6 is 11.3 Å². The van der Waals surface area contributed by atoms with Crippen molar-refractivity contribution in [3.05, 3.63) is 23.0 Å². The first-order chi connectivity index (χ1) is 9.54. The van der Waals surface area contributed by atoms with Gasteiger partial charge in [-0.15, -0.1) is 11.3 Å². The molecule has 20 heavy (non-hydrogen) atoms. The van der Waals surface area contributed by atoms with Crippen LogP contribution < -0.4 is 5.32 Å². The van der Waals surface area contributed by atoms with Crippen molar-refractivity contribution in [3.63, 3.8) is 0 Å². The van der Waals surface area contributed by atoms with Crippen LogP contribution in [0.5, 0.6) is 0 Å². The molecule has 7 nitrogen and oxygen atoms in total. The second-order valence-electron chi connectivity index (χ2n) is 4.57. The highest BCUT2D eigenvalue weighted by Crippen LogP contribution is 2.18.